The second kappa shape index (κ2) is 11.1. The molecule has 0 amide bonds. The maximum Gasteiger partial charge on any atom is 0.416 e. The Morgan fingerprint density at radius 1 is 0.460 bits per heavy atom. The number of hydrogen-bond acceptors (Lipinski definition) is 4. The Bertz CT molecular complexity index is 2920. The molecule has 2 heterocycles. The first-order chi connectivity index (χ1) is 24.2. The van der Waals surface area contributed by atoms with Crippen LogP contribution in [0.1, 0.15) is 27.8 Å². The molecule has 0 saturated heterocycles. The number of halogens is 3. The predicted molar refractivity (Wildman–Crippen MR) is 184 cm³/mol. The van der Waals surface area contributed by atoms with E-state index in [2.05, 4.69) is 18.2 Å². The molecule has 0 radical (unpaired) electrons. The molecule has 0 aliphatic carbocycles. The molecule has 0 aliphatic heterocycles. The number of aromatic nitrogens is 2. The predicted octanol–water partition coefficient (Wildman–Crippen LogP) is 10.1. The maximum atomic E-state index is 14.1. The van der Waals surface area contributed by atoms with Crippen LogP contribution in [0.15, 0.2) is 115 Å². The van der Waals surface area contributed by atoms with Crippen LogP contribution in [0, 0.1) is 45.3 Å². The number of hydrogen-bond donors (Lipinski definition) is 0. The minimum absolute atomic E-state index is 0.0640. The molecule has 0 N–H and O–H groups in total. The molecule has 2 aromatic heterocycles. The van der Waals surface area contributed by atoms with Gasteiger partial charge in [-0.15, -0.1) is 0 Å². The monoisotopic (exact) mass is 652 g/mol. The van der Waals surface area contributed by atoms with E-state index in [1.165, 1.54) is 6.07 Å². The zero-order valence-corrected chi connectivity index (χ0v) is 25.8. The Hall–Kier alpha value is -7.33. The summed E-state index contributed by atoms with van der Waals surface area (Å²) in [6.45, 7) is 0. The fourth-order valence-corrected chi connectivity index (χ4v) is 6.88. The van der Waals surface area contributed by atoms with Crippen molar-refractivity contribution in [3.63, 3.8) is 0 Å². The molecule has 0 bridgehead atoms. The third-order valence-corrected chi connectivity index (χ3v) is 9.02. The number of fused-ring (bicyclic) bond motifs is 6. The third-order valence-electron chi connectivity index (χ3n) is 9.02. The van der Waals surface area contributed by atoms with Crippen LogP contribution in [0.3, 0.4) is 0 Å². The number of benzene rings is 6. The number of nitriles is 4. The van der Waals surface area contributed by atoms with E-state index < -0.39 is 11.7 Å². The van der Waals surface area contributed by atoms with Gasteiger partial charge in [-0.05, 0) is 84.4 Å². The van der Waals surface area contributed by atoms with Crippen LogP contribution in [0.5, 0.6) is 0 Å². The summed E-state index contributed by atoms with van der Waals surface area (Å²) in [4.78, 5) is 0. The second-order valence-electron chi connectivity index (χ2n) is 11.8. The molecule has 50 heavy (non-hydrogen) atoms. The number of rotatable bonds is 3. The second-order valence-corrected chi connectivity index (χ2v) is 11.8. The molecule has 0 fully saturated rings. The van der Waals surface area contributed by atoms with E-state index in [1.807, 2.05) is 81.9 Å². The lowest BCUT2D eigenvalue weighted by molar-refractivity contribution is -0.137. The van der Waals surface area contributed by atoms with Crippen molar-refractivity contribution in [1.82, 2.24) is 9.13 Å². The summed E-state index contributed by atoms with van der Waals surface area (Å²) < 4.78 is 46.2. The zero-order chi connectivity index (χ0) is 34.7. The highest BCUT2D eigenvalue weighted by Crippen LogP contribution is 2.42. The Morgan fingerprint density at radius 3 is 1.46 bits per heavy atom. The lowest BCUT2D eigenvalue weighted by Gasteiger charge is -2.20. The fourth-order valence-electron chi connectivity index (χ4n) is 6.88. The Morgan fingerprint density at radius 2 is 0.960 bits per heavy atom. The van der Waals surface area contributed by atoms with Gasteiger partial charge in [-0.25, -0.2) is 0 Å². The minimum atomic E-state index is -4.73. The number of alkyl halides is 3. The lowest BCUT2D eigenvalue weighted by atomic mass is 9.95. The van der Waals surface area contributed by atoms with E-state index in [4.69, 9.17) is 0 Å². The summed E-state index contributed by atoms with van der Waals surface area (Å²) in [6, 6.07) is 40.9. The molecule has 6 aromatic carbocycles. The summed E-state index contributed by atoms with van der Waals surface area (Å²) in [7, 11) is 0. The summed E-state index contributed by atoms with van der Waals surface area (Å²) in [5.41, 5.74) is 4.24. The molecule has 0 unspecified atom stereocenters. The van der Waals surface area contributed by atoms with Crippen molar-refractivity contribution in [2.75, 3.05) is 0 Å². The van der Waals surface area contributed by atoms with E-state index in [-0.39, 0.29) is 22.3 Å². The highest BCUT2D eigenvalue weighted by atomic mass is 19.4. The van der Waals surface area contributed by atoms with Gasteiger partial charge in [0.25, 0.3) is 0 Å². The van der Waals surface area contributed by atoms with Crippen LogP contribution in [0.4, 0.5) is 13.2 Å². The van der Waals surface area contributed by atoms with Gasteiger partial charge in [-0.2, -0.15) is 34.2 Å². The van der Waals surface area contributed by atoms with E-state index in [0.717, 1.165) is 55.7 Å². The summed E-state index contributed by atoms with van der Waals surface area (Å²) in [5.74, 6) is 0. The molecule has 8 aromatic rings. The molecular weight excluding hydrogens is 633 g/mol. The van der Waals surface area contributed by atoms with E-state index in [0.29, 0.717) is 22.5 Å². The van der Waals surface area contributed by atoms with Gasteiger partial charge < -0.3 is 9.13 Å². The first-order valence-corrected chi connectivity index (χ1v) is 15.3. The Labute approximate surface area is 282 Å². The minimum Gasteiger partial charge on any atom is -0.307 e. The number of nitrogens with zero attached hydrogens (tertiary/aromatic N) is 6. The lowest BCUT2D eigenvalue weighted by Crippen LogP contribution is -2.07. The molecule has 6 nitrogen and oxygen atoms in total. The zero-order valence-electron chi connectivity index (χ0n) is 25.8. The third kappa shape index (κ3) is 4.54. The van der Waals surface area contributed by atoms with Crippen LogP contribution in [0.2, 0.25) is 0 Å². The van der Waals surface area contributed by atoms with Gasteiger partial charge in [-0.3, -0.25) is 0 Å². The van der Waals surface area contributed by atoms with Crippen molar-refractivity contribution >= 4 is 43.6 Å². The standard InChI is InChI=1S/C41H19F3N6/c42-41(43,44)29-14-26(22-47)13-27(17-29)32-19-40(50-36-8-4-2-6-31(36)34-16-25(21-46)10-12-38(34)50)39(18-28(32)23-48)49-35-7-3-1-5-30(35)33-15-24(20-45)9-11-37(33)49/h1-19H. The molecule has 0 spiro atoms. The summed E-state index contributed by atoms with van der Waals surface area (Å²) in [5, 5.41) is 43.0. The molecule has 0 saturated carbocycles. The van der Waals surface area contributed by atoms with Gasteiger partial charge in [0.05, 0.1) is 85.5 Å². The van der Waals surface area contributed by atoms with E-state index in [9.17, 15) is 34.2 Å². The number of para-hydroxylation sites is 2. The van der Waals surface area contributed by atoms with Crippen LogP contribution in [-0.2, 0) is 6.18 Å². The van der Waals surface area contributed by atoms with Crippen LogP contribution >= 0.6 is 0 Å². The SMILES string of the molecule is N#Cc1cc(-c2cc(-n3c4ccccc4c4cc(C#N)ccc43)c(-n3c4ccccc4c4cc(C#N)ccc43)cc2C#N)cc(C(F)(F)F)c1. The highest BCUT2D eigenvalue weighted by molar-refractivity contribution is 6.12. The van der Waals surface area contributed by atoms with E-state index >= 15 is 0 Å². The first kappa shape index (κ1) is 30.0. The first-order valence-electron chi connectivity index (χ1n) is 15.3. The highest BCUT2D eigenvalue weighted by Gasteiger charge is 2.32. The molecular formula is C41H19F3N6. The topological polar surface area (TPSA) is 105 Å². The average Bonchev–Trinajstić information content (AvgIpc) is 3.65. The van der Waals surface area contributed by atoms with Gasteiger partial charge >= 0.3 is 6.18 Å². The van der Waals surface area contributed by atoms with Crippen LogP contribution in [0.25, 0.3) is 66.1 Å². The van der Waals surface area contributed by atoms with Crippen molar-refractivity contribution in [3.05, 3.63) is 143 Å². The van der Waals surface area contributed by atoms with Gasteiger partial charge in [0.15, 0.2) is 0 Å². The van der Waals surface area contributed by atoms with Crippen molar-refractivity contribution in [1.29, 1.82) is 21.0 Å². The summed E-state index contributed by atoms with van der Waals surface area (Å²) >= 11 is 0. The molecule has 8 rings (SSSR count). The summed E-state index contributed by atoms with van der Waals surface area (Å²) in [6.07, 6.45) is -4.73. The van der Waals surface area contributed by atoms with Gasteiger partial charge in [0, 0.05) is 27.1 Å². The van der Waals surface area contributed by atoms with Crippen molar-refractivity contribution in [2.24, 2.45) is 0 Å². The Kier molecular flexibility index (Phi) is 6.69. The van der Waals surface area contributed by atoms with Crippen LogP contribution < -0.4 is 0 Å². The van der Waals surface area contributed by atoms with Crippen molar-refractivity contribution in [2.45, 2.75) is 6.18 Å². The van der Waals surface area contributed by atoms with Crippen molar-refractivity contribution < 1.29 is 13.2 Å². The van der Waals surface area contributed by atoms with Gasteiger partial charge in [0.2, 0.25) is 0 Å². The molecule has 0 atom stereocenters. The Balaban J connectivity index is 1.57. The molecule has 0 aliphatic rings. The quantitative estimate of drug-likeness (QED) is 0.189. The molecule has 9 heteroatoms. The normalized spacial score (nSPS) is 11.4. The average molecular weight is 653 g/mol. The fraction of sp³-hybridized carbons (Fsp3) is 0.0244. The van der Waals surface area contributed by atoms with Gasteiger partial charge in [-0.1, -0.05) is 36.4 Å². The molecule has 234 valence electrons. The van der Waals surface area contributed by atoms with Crippen molar-refractivity contribution in [3.8, 4) is 46.8 Å². The smallest absolute Gasteiger partial charge is 0.307 e. The van der Waals surface area contributed by atoms with E-state index in [1.54, 1.807) is 30.3 Å². The largest absolute Gasteiger partial charge is 0.416 e. The maximum absolute atomic E-state index is 14.1. The van der Waals surface area contributed by atoms with Gasteiger partial charge in [0.1, 0.15) is 0 Å². The van der Waals surface area contributed by atoms with Crippen LogP contribution in [-0.4, -0.2) is 9.13 Å².